The van der Waals surface area contributed by atoms with E-state index in [1.807, 2.05) is 12.1 Å². The molecule has 0 N–H and O–H groups in total. The zero-order valence-corrected chi connectivity index (χ0v) is 12.7. The summed E-state index contributed by atoms with van der Waals surface area (Å²) in [6, 6.07) is 5.59. The maximum atomic E-state index is 11.6. The van der Waals surface area contributed by atoms with Crippen LogP contribution >= 0.6 is 23.2 Å². The van der Waals surface area contributed by atoms with Crippen LogP contribution < -0.4 is 0 Å². The lowest BCUT2D eigenvalue weighted by Gasteiger charge is -2.34. The summed E-state index contributed by atoms with van der Waals surface area (Å²) >= 11 is 11.9. The predicted octanol–water partition coefficient (Wildman–Crippen LogP) is 2.23. The maximum absolute atomic E-state index is 11.6. The van der Waals surface area contributed by atoms with Gasteiger partial charge in [0, 0.05) is 39.6 Å². The number of carbonyl (C=O) groups is 2. The molecule has 2 rings (SSSR count). The van der Waals surface area contributed by atoms with E-state index in [9.17, 15) is 9.59 Å². The molecule has 0 unspecified atom stereocenters. The average molecular weight is 315 g/mol. The molecule has 1 heterocycles. The van der Waals surface area contributed by atoms with E-state index in [1.54, 1.807) is 11.0 Å². The third-order valence-electron chi connectivity index (χ3n) is 3.35. The topological polar surface area (TPSA) is 40.6 Å². The van der Waals surface area contributed by atoms with Gasteiger partial charge in [-0.15, -0.1) is 0 Å². The Balaban J connectivity index is 1.89. The second-order valence-electron chi connectivity index (χ2n) is 4.87. The van der Waals surface area contributed by atoms with E-state index >= 15 is 0 Å². The number of rotatable bonds is 3. The first-order valence-corrected chi connectivity index (χ1v) is 7.19. The van der Waals surface area contributed by atoms with Crippen LogP contribution in [0, 0.1) is 0 Å². The van der Waals surface area contributed by atoms with Crippen molar-refractivity contribution in [3.8, 4) is 0 Å². The quantitative estimate of drug-likeness (QED) is 0.803. The van der Waals surface area contributed by atoms with Gasteiger partial charge in [0.2, 0.25) is 5.78 Å². The molecule has 0 bridgehead atoms. The Labute approximate surface area is 128 Å². The number of amides is 1. The molecule has 0 saturated carbocycles. The molecule has 1 fully saturated rings. The summed E-state index contributed by atoms with van der Waals surface area (Å²) in [5.41, 5.74) is 1.09. The predicted molar refractivity (Wildman–Crippen MR) is 79.0 cm³/mol. The van der Waals surface area contributed by atoms with Gasteiger partial charge in [0.25, 0.3) is 5.91 Å². The normalized spacial score (nSPS) is 16.2. The van der Waals surface area contributed by atoms with E-state index in [4.69, 9.17) is 23.2 Å². The van der Waals surface area contributed by atoms with E-state index in [0.717, 1.165) is 25.2 Å². The van der Waals surface area contributed by atoms with Crippen LogP contribution in [0.15, 0.2) is 18.2 Å². The average Bonchev–Trinajstić information content (AvgIpc) is 2.43. The summed E-state index contributed by atoms with van der Waals surface area (Å²) in [6.07, 6.45) is 0. The lowest BCUT2D eigenvalue weighted by atomic mass is 10.2. The summed E-state index contributed by atoms with van der Waals surface area (Å²) in [4.78, 5) is 26.5. The van der Waals surface area contributed by atoms with Gasteiger partial charge in [-0.3, -0.25) is 14.5 Å². The standard InChI is InChI=1S/C14H16Cl2N2O2/c1-10(19)14(20)18-6-4-17(5-7-18)9-11-2-3-12(15)13(16)8-11/h2-3,8H,4-7,9H2,1H3. The van der Waals surface area contributed by atoms with Crippen molar-refractivity contribution in [2.45, 2.75) is 13.5 Å². The van der Waals surface area contributed by atoms with Gasteiger partial charge < -0.3 is 4.90 Å². The van der Waals surface area contributed by atoms with E-state index in [2.05, 4.69) is 4.90 Å². The molecule has 4 nitrogen and oxygen atoms in total. The van der Waals surface area contributed by atoms with Crippen LogP contribution in [-0.2, 0) is 16.1 Å². The van der Waals surface area contributed by atoms with Crippen molar-refractivity contribution in [2.24, 2.45) is 0 Å². The molecule has 20 heavy (non-hydrogen) atoms. The minimum atomic E-state index is -0.400. The van der Waals surface area contributed by atoms with Crippen molar-refractivity contribution >= 4 is 34.9 Å². The molecule has 0 spiro atoms. The van der Waals surface area contributed by atoms with Gasteiger partial charge >= 0.3 is 0 Å². The summed E-state index contributed by atoms with van der Waals surface area (Å²) in [6.45, 7) is 4.74. The van der Waals surface area contributed by atoms with Gasteiger partial charge in [-0.2, -0.15) is 0 Å². The Hall–Kier alpha value is -1.10. The number of hydrogen-bond donors (Lipinski definition) is 0. The minimum absolute atomic E-state index is 0.390. The summed E-state index contributed by atoms with van der Waals surface area (Å²) in [5, 5.41) is 1.10. The van der Waals surface area contributed by atoms with Gasteiger partial charge in [-0.05, 0) is 17.7 Å². The third-order valence-corrected chi connectivity index (χ3v) is 4.09. The van der Waals surface area contributed by atoms with Gasteiger partial charge in [0.1, 0.15) is 0 Å². The molecule has 0 atom stereocenters. The molecule has 1 amide bonds. The van der Waals surface area contributed by atoms with Crippen LogP contribution in [0.1, 0.15) is 12.5 Å². The number of carbonyl (C=O) groups excluding carboxylic acids is 2. The Bertz CT molecular complexity index is 526. The van der Waals surface area contributed by atoms with Gasteiger partial charge in [0.15, 0.2) is 0 Å². The lowest BCUT2D eigenvalue weighted by molar-refractivity contribution is -0.144. The fourth-order valence-electron chi connectivity index (χ4n) is 2.23. The highest BCUT2D eigenvalue weighted by atomic mass is 35.5. The summed E-state index contributed by atoms with van der Waals surface area (Å²) < 4.78 is 0. The first-order valence-electron chi connectivity index (χ1n) is 6.43. The first kappa shape index (κ1) is 15.3. The summed E-state index contributed by atoms with van der Waals surface area (Å²) in [7, 11) is 0. The fourth-order valence-corrected chi connectivity index (χ4v) is 2.55. The third kappa shape index (κ3) is 3.72. The highest BCUT2D eigenvalue weighted by molar-refractivity contribution is 6.42. The van der Waals surface area contributed by atoms with Crippen LogP contribution in [0.25, 0.3) is 0 Å². The number of hydrogen-bond acceptors (Lipinski definition) is 3. The molecule has 0 aliphatic carbocycles. The molecular weight excluding hydrogens is 299 g/mol. The van der Waals surface area contributed by atoms with E-state index < -0.39 is 5.78 Å². The Morgan fingerprint density at radius 3 is 2.30 bits per heavy atom. The van der Waals surface area contributed by atoms with Crippen LogP contribution in [0.2, 0.25) is 10.0 Å². The van der Waals surface area contributed by atoms with Gasteiger partial charge in [-0.1, -0.05) is 29.3 Å². The van der Waals surface area contributed by atoms with E-state index in [0.29, 0.717) is 23.1 Å². The Morgan fingerprint density at radius 2 is 1.75 bits per heavy atom. The molecule has 0 radical (unpaired) electrons. The Morgan fingerprint density at radius 1 is 1.10 bits per heavy atom. The van der Waals surface area contributed by atoms with Crippen LogP contribution in [0.3, 0.4) is 0 Å². The van der Waals surface area contributed by atoms with Crippen LogP contribution in [0.5, 0.6) is 0 Å². The molecule has 1 aromatic rings. The monoisotopic (exact) mass is 314 g/mol. The molecular formula is C14H16Cl2N2O2. The smallest absolute Gasteiger partial charge is 0.289 e. The lowest BCUT2D eigenvalue weighted by Crippen LogP contribution is -2.49. The maximum Gasteiger partial charge on any atom is 0.289 e. The first-order chi connectivity index (χ1) is 9.47. The molecule has 108 valence electrons. The van der Waals surface area contributed by atoms with Crippen molar-refractivity contribution in [1.29, 1.82) is 0 Å². The van der Waals surface area contributed by atoms with Gasteiger partial charge in [0.05, 0.1) is 10.0 Å². The molecule has 0 aromatic heterocycles. The van der Waals surface area contributed by atoms with Crippen molar-refractivity contribution in [3.63, 3.8) is 0 Å². The highest BCUT2D eigenvalue weighted by Crippen LogP contribution is 2.23. The Kier molecular flexibility index (Phi) is 5.02. The second-order valence-corrected chi connectivity index (χ2v) is 5.69. The number of piperazine rings is 1. The van der Waals surface area contributed by atoms with Gasteiger partial charge in [-0.25, -0.2) is 0 Å². The largest absolute Gasteiger partial charge is 0.334 e. The molecule has 1 aliphatic rings. The SMILES string of the molecule is CC(=O)C(=O)N1CCN(Cc2ccc(Cl)c(Cl)c2)CC1. The molecule has 1 aromatic carbocycles. The van der Waals surface area contributed by atoms with Crippen molar-refractivity contribution < 1.29 is 9.59 Å². The van der Waals surface area contributed by atoms with E-state index in [-0.39, 0.29) is 5.91 Å². The molecule has 1 aliphatic heterocycles. The molecule has 1 saturated heterocycles. The number of ketones is 1. The van der Waals surface area contributed by atoms with E-state index in [1.165, 1.54) is 6.92 Å². The van der Waals surface area contributed by atoms with Crippen LogP contribution in [-0.4, -0.2) is 47.7 Å². The molecule has 6 heteroatoms. The number of halogens is 2. The zero-order valence-electron chi connectivity index (χ0n) is 11.2. The van der Waals surface area contributed by atoms with Crippen molar-refractivity contribution in [3.05, 3.63) is 33.8 Å². The number of benzene rings is 1. The summed E-state index contributed by atoms with van der Waals surface area (Å²) in [5.74, 6) is -0.790. The second kappa shape index (κ2) is 6.57. The minimum Gasteiger partial charge on any atom is -0.334 e. The fraction of sp³-hybridized carbons (Fsp3) is 0.429. The van der Waals surface area contributed by atoms with Crippen molar-refractivity contribution in [2.75, 3.05) is 26.2 Å². The highest BCUT2D eigenvalue weighted by Gasteiger charge is 2.23. The van der Waals surface area contributed by atoms with Crippen LogP contribution in [0.4, 0.5) is 0 Å². The van der Waals surface area contributed by atoms with Crippen molar-refractivity contribution in [1.82, 2.24) is 9.80 Å². The zero-order chi connectivity index (χ0) is 14.7. The number of nitrogens with zero attached hydrogens (tertiary/aromatic N) is 2. The number of Topliss-reactive ketones (excluding diaryl/α,β-unsaturated/α-hetero) is 1.